The van der Waals surface area contributed by atoms with Crippen LogP contribution in [-0.4, -0.2) is 35.4 Å². The Morgan fingerprint density at radius 1 is 1.38 bits per heavy atom. The molecule has 1 aromatic carbocycles. The van der Waals surface area contributed by atoms with Crippen LogP contribution < -0.4 is 15.4 Å². The number of hydrogen-bond donors (Lipinski definition) is 2. The molecule has 1 fully saturated rings. The van der Waals surface area contributed by atoms with Gasteiger partial charge in [-0.3, -0.25) is 4.79 Å². The van der Waals surface area contributed by atoms with Gasteiger partial charge in [0.25, 0.3) is 0 Å². The largest absolute Gasteiger partial charge is 0.497 e. The highest BCUT2D eigenvalue weighted by atomic mass is 35.5. The first-order valence-corrected chi connectivity index (χ1v) is 7.93. The summed E-state index contributed by atoms with van der Waals surface area (Å²) in [5, 5.41) is 10.7. The minimum Gasteiger partial charge on any atom is -0.497 e. The van der Waals surface area contributed by atoms with Gasteiger partial charge in [-0.25, -0.2) is 4.68 Å². The number of amides is 1. The van der Waals surface area contributed by atoms with Gasteiger partial charge in [0, 0.05) is 18.7 Å². The lowest BCUT2D eigenvalue weighted by molar-refractivity contribution is -0.121. The zero-order chi connectivity index (χ0) is 16.1. The molecule has 0 saturated carbocycles. The van der Waals surface area contributed by atoms with E-state index in [0.717, 1.165) is 36.5 Å². The lowest BCUT2D eigenvalue weighted by atomic mass is 10.1. The van der Waals surface area contributed by atoms with Gasteiger partial charge in [0.15, 0.2) is 0 Å². The smallest absolute Gasteiger partial charge is 0.221 e. The maximum absolute atomic E-state index is 11.9. The fourth-order valence-corrected chi connectivity index (χ4v) is 2.75. The summed E-state index contributed by atoms with van der Waals surface area (Å²) in [5.41, 5.74) is 1.80. The van der Waals surface area contributed by atoms with Crippen LogP contribution in [0, 0.1) is 0 Å². The molecule has 1 amide bonds. The van der Waals surface area contributed by atoms with Gasteiger partial charge in [0.05, 0.1) is 25.0 Å². The summed E-state index contributed by atoms with van der Waals surface area (Å²) in [6.45, 7) is 1.47. The van der Waals surface area contributed by atoms with E-state index in [2.05, 4.69) is 15.7 Å². The Kier molecular flexibility index (Phi) is 6.63. The first-order valence-electron chi connectivity index (χ1n) is 7.93. The van der Waals surface area contributed by atoms with Crippen molar-refractivity contribution in [3.63, 3.8) is 0 Å². The van der Waals surface area contributed by atoms with Crippen LogP contribution in [0.5, 0.6) is 5.75 Å². The molecule has 2 aromatic rings. The summed E-state index contributed by atoms with van der Waals surface area (Å²) in [6.07, 6.45) is 4.67. The number of hydrogen-bond acceptors (Lipinski definition) is 4. The zero-order valence-electron chi connectivity index (χ0n) is 13.7. The Bertz CT molecular complexity index is 651. The van der Waals surface area contributed by atoms with Gasteiger partial charge in [-0.2, -0.15) is 5.10 Å². The molecule has 24 heavy (non-hydrogen) atoms. The van der Waals surface area contributed by atoms with E-state index >= 15 is 0 Å². The Hall–Kier alpha value is -2.05. The van der Waals surface area contributed by atoms with E-state index < -0.39 is 0 Å². The summed E-state index contributed by atoms with van der Waals surface area (Å²) >= 11 is 0. The third-order valence-corrected chi connectivity index (χ3v) is 4.04. The molecular formula is C17H23ClN4O2. The highest BCUT2D eigenvalue weighted by Gasteiger charge is 2.17. The van der Waals surface area contributed by atoms with E-state index in [0.29, 0.717) is 19.0 Å². The number of methoxy groups -OCH3 is 1. The van der Waals surface area contributed by atoms with Crippen molar-refractivity contribution in [3.05, 3.63) is 42.2 Å². The molecule has 1 atom stereocenters. The highest BCUT2D eigenvalue weighted by molar-refractivity contribution is 5.85. The molecule has 6 nitrogen and oxygen atoms in total. The second-order valence-electron chi connectivity index (χ2n) is 5.72. The van der Waals surface area contributed by atoms with Crippen LogP contribution in [0.25, 0.3) is 5.69 Å². The maximum Gasteiger partial charge on any atom is 0.221 e. The molecule has 1 aromatic heterocycles. The number of benzene rings is 1. The monoisotopic (exact) mass is 350 g/mol. The van der Waals surface area contributed by atoms with Gasteiger partial charge in [0.1, 0.15) is 5.75 Å². The number of carbonyl (C=O) groups excluding carboxylic acids is 1. The van der Waals surface area contributed by atoms with E-state index in [1.54, 1.807) is 11.8 Å². The van der Waals surface area contributed by atoms with Crippen LogP contribution in [0.3, 0.4) is 0 Å². The van der Waals surface area contributed by atoms with Crippen molar-refractivity contribution in [2.75, 3.05) is 13.7 Å². The van der Waals surface area contributed by atoms with Gasteiger partial charge in [0.2, 0.25) is 5.91 Å². The molecule has 1 aliphatic heterocycles. The average molecular weight is 351 g/mol. The van der Waals surface area contributed by atoms with Crippen molar-refractivity contribution in [3.8, 4) is 11.4 Å². The Labute approximate surface area is 148 Å². The molecule has 0 aliphatic carbocycles. The molecule has 2 heterocycles. The summed E-state index contributed by atoms with van der Waals surface area (Å²) < 4.78 is 6.94. The van der Waals surface area contributed by atoms with Crippen LogP contribution in [0.4, 0.5) is 0 Å². The number of nitrogens with zero attached hydrogens (tertiary/aromatic N) is 2. The molecule has 1 aliphatic rings. The predicted molar refractivity (Wildman–Crippen MR) is 94.9 cm³/mol. The number of halogens is 1. The normalized spacial score (nSPS) is 16.5. The summed E-state index contributed by atoms with van der Waals surface area (Å²) in [4.78, 5) is 11.9. The Morgan fingerprint density at radius 2 is 2.17 bits per heavy atom. The number of aromatic nitrogens is 2. The minimum atomic E-state index is 0. The molecule has 0 bridgehead atoms. The SMILES string of the molecule is COc1ccc(-n2ccc(CNC(=O)CC3CCCN3)n2)cc1.Cl. The fraction of sp³-hybridized carbons (Fsp3) is 0.412. The third kappa shape index (κ3) is 4.72. The van der Waals surface area contributed by atoms with Gasteiger partial charge < -0.3 is 15.4 Å². The van der Waals surface area contributed by atoms with E-state index in [1.807, 2.05) is 36.5 Å². The van der Waals surface area contributed by atoms with E-state index in [-0.39, 0.29) is 18.3 Å². The van der Waals surface area contributed by atoms with Crippen LogP contribution in [0.1, 0.15) is 25.0 Å². The van der Waals surface area contributed by atoms with E-state index in [1.165, 1.54) is 0 Å². The standard InChI is InChI=1S/C17H22N4O2.ClH/c1-23-16-6-4-15(5-7-16)21-10-8-14(20-21)12-19-17(22)11-13-3-2-9-18-13;/h4-8,10,13,18H,2-3,9,11-12H2,1H3,(H,19,22);1H. The third-order valence-electron chi connectivity index (χ3n) is 4.04. The van der Waals surface area contributed by atoms with Crippen molar-refractivity contribution in [2.45, 2.75) is 31.8 Å². The van der Waals surface area contributed by atoms with Crippen molar-refractivity contribution in [2.24, 2.45) is 0 Å². The van der Waals surface area contributed by atoms with Crippen LogP contribution in [0.15, 0.2) is 36.5 Å². The molecule has 0 radical (unpaired) electrons. The topological polar surface area (TPSA) is 68.2 Å². The van der Waals surface area contributed by atoms with Gasteiger partial charge in [-0.15, -0.1) is 12.4 Å². The lowest BCUT2D eigenvalue weighted by Crippen LogP contribution is -2.31. The Morgan fingerprint density at radius 3 is 2.83 bits per heavy atom. The van der Waals surface area contributed by atoms with Crippen LogP contribution in [0.2, 0.25) is 0 Å². The second kappa shape index (κ2) is 8.70. The summed E-state index contributed by atoms with van der Waals surface area (Å²) in [6, 6.07) is 9.92. The van der Waals surface area contributed by atoms with Crippen molar-refractivity contribution in [1.29, 1.82) is 0 Å². The first-order chi connectivity index (χ1) is 11.2. The van der Waals surface area contributed by atoms with E-state index in [9.17, 15) is 4.79 Å². The molecular weight excluding hydrogens is 328 g/mol. The van der Waals surface area contributed by atoms with Crippen LogP contribution >= 0.6 is 12.4 Å². The molecule has 130 valence electrons. The number of nitrogens with one attached hydrogen (secondary N) is 2. The van der Waals surface area contributed by atoms with Crippen molar-refractivity contribution < 1.29 is 9.53 Å². The molecule has 1 saturated heterocycles. The number of ether oxygens (including phenoxy) is 1. The van der Waals surface area contributed by atoms with Crippen molar-refractivity contribution in [1.82, 2.24) is 20.4 Å². The average Bonchev–Trinajstić information content (AvgIpc) is 3.25. The molecule has 0 spiro atoms. The Balaban J connectivity index is 0.00000208. The minimum absolute atomic E-state index is 0. The van der Waals surface area contributed by atoms with Crippen LogP contribution in [-0.2, 0) is 11.3 Å². The molecule has 2 N–H and O–H groups in total. The second-order valence-corrected chi connectivity index (χ2v) is 5.72. The number of rotatable bonds is 6. The zero-order valence-corrected chi connectivity index (χ0v) is 14.5. The van der Waals surface area contributed by atoms with Gasteiger partial charge >= 0.3 is 0 Å². The molecule has 3 rings (SSSR count). The summed E-state index contributed by atoms with van der Waals surface area (Å²) in [5.74, 6) is 0.886. The lowest BCUT2D eigenvalue weighted by Gasteiger charge is -2.09. The van der Waals surface area contributed by atoms with Gasteiger partial charge in [-0.05, 0) is 49.7 Å². The first kappa shape index (κ1) is 18.3. The number of carbonyl (C=O) groups is 1. The van der Waals surface area contributed by atoms with E-state index in [4.69, 9.17) is 4.74 Å². The van der Waals surface area contributed by atoms with Gasteiger partial charge in [-0.1, -0.05) is 0 Å². The quantitative estimate of drug-likeness (QED) is 0.836. The molecule has 7 heteroatoms. The summed E-state index contributed by atoms with van der Waals surface area (Å²) in [7, 11) is 1.64. The highest BCUT2D eigenvalue weighted by Crippen LogP contribution is 2.14. The van der Waals surface area contributed by atoms with Crippen molar-refractivity contribution >= 4 is 18.3 Å². The molecule has 1 unspecified atom stereocenters. The predicted octanol–water partition coefficient (Wildman–Crippen LogP) is 2.06. The maximum atomic E-state index is 11.9. The fourth-order valence-electron chi connectivity index (χ4n) is 2.75.